The average molecular weight is 640 g/mol. The molecule has 1 aliphatic rings. The van der Waals surface area contributed by atoms with Gasteiger partial charge < -0.3 is 14.5 Å². The van der Waals surface area contributed by atoms with Crippen molar-refractivity contribution < 1.29 is 0 Å². The topological polar surface area (TPSA) is 21.9 Å². The van der Waals surface area contributed by atoms with Gasteiger partial charge in [0.2, 0.25) is 0 Å². The molecule has 0 aliphatic carbocycles. The molecule has 0 saturated carbocycles. The van der Waals surface area contributed by atoms with E-state index in [0.717, 1.165) is 5.69 Å². The van der Waals surface area contributed by atoms with Crippen LogP contribution in [0.1, 0.15) is 6.17 Å². The summed E-state index contributed by atoms with van der Waals surface area (Å²) in [6.45, 7) is 0. The standard InChI is InChI=1S/C47H33N3/c1-3-13-32(14-4-1)36-27-37(33-15-5-2-6-16-33)29-38(28-36)49-43-19-9-7-17-39(43)41-30-34(22-24-45(41)49)35-23-25-46-42(31-35)40-18-8-10-20-44(40)50(46)47-21-11-12-26-48-47/h1-31,47-48H. The maximum Gasteiger partial charge on any atom is 0.123 e. The number of hydrogen-bond donors (Lipinski definition) is 1. The highest BCUT2D eigenvalue weighted by Crippen LogP contribution is 2.39. The maximum atomic E-state index is 3.52. The molecule has 0 saturated heterocycles. The Balaban J connectivity index is 1.16. The Hall–Kier alpha value is -6.58. The van der Waals surface area contributed by atoms with Gasteiger partial charge in [-0.1, -0.05) is 115 Å². The lowest BCUT2D eigenvalue weighted by atomic mass is 9.98. The summed E-state index contributed by atoms with van der Waals surface area (Å²) in [5.41, 5.74) is 13.2. The Kier molecular flexibility index (Phi) is 6.56. The summed E-state index contributed by atoms with van der Waals surface area (Å²) in [6, 6.07) is 59.8. The van der Waals surface area contributed by atoms with E-state index in [1.165, 1.54) is 77.0 Å². The van der Waals surface area contributed by atoms with Crippen LogP contribution in [0.2, 0.25) is 0 Å². The molecule has 7 aromatic carbocycles. The number of nitrogens with zero attached hydrogens (tertiary/aromatic N) is 2. The number of allylic oxidation sites excluding steroid dienone is 2. The summed E-state index contributed by atoms with van der Waals surface area (Å²) in [4.78, 5) is 0. The summed E-state index contributed by atoms with van der Waals surface area (Å²) < 4.78 is 4.84. The molecule has 0 radical (unpaired) electrons. The van der Waals surface area contributed by atoms with E-state index < -0.39 is 0 Å². The van der Waals surface area contributed by atoms with Gasteiger partial charge in [-0.05, 0) is 106 Å². The zero-order valence-corrected chi connectivity index (χ0v) is 27.4. The first-order valence-electron chi connectivity index (χ1n) is 17.2. The molecule has 2 aromatic heterocycles. The largest absolute Gasteiger partial charge is 0.368 e. The van der Waals surface area contributed by atoms with Gasteiger partial charge >= 0.3 is 0 Å². The summed E-state index contributed by atoms with van der Waals surface area (Å²) in [7, 11) is 0. The van der Waals surface area contributed by atoms with Crippen LogP contribution in [0.5, 0.6) is 0 Å². The number of nitrogens with one attached hydrogen (secondary N) is 1. The molecular weight excluding hydrogens is 607 g/mol. The van der Waals surface area contributed by atoms with Crippen LogP contribution in [-0.4, -0.2) is 9.13 Å². The van der Waals surface area contributed by atoms with Crippen LogP contribution in [0, 0.1) is 0 Å². The predicted molar refractivity (Wildman–Crippen MR) is 211 cm³/mol. The van der Waals surface area contributed by atoms with Crippen LogP contribution < -0.4 is 5.32 Å². The Morgan fingerprint density at radius 2 is 0.900 bits per heavy atom. The molecule has 50 heavy (non-hydrogen) atoms. The summed E-state index contributed by atoms with van der Waals surface area (Å²) in [5.74, 6) is 0. The average Bonchev–Trinajstić information content (AvgIpc) is 3.71. The van der Waals surface area contributed by atoms with Gasteiger partial charge in [0.25, 0.3) is 0 Å². The molecule has 0 fully saturated rings. The van der Waals surface area contributed by atoms with Crippen LogP contribution in [-0.2, 0) is 0 Å². The minimum absolute atomic E-state index is 0.0681. The highest BCUT2D eigenvalue weighted by atomic mass is 15.2. The Morgan fingerprint density at radius 3 is 1.54 bits per heavy atom. The van der Waals surface area contributed by atoms with Gasteiger partial charge in [0.05, 0.1) is 22.1 Å². The summed E-state index contributed by atoms with van der Waals surface area (Å²) in [6.07, 6.45) is 8.45. The smallest absolute Gasteiger partial charge is 0.123 e. The number of para-hydroxylation sites is 2. The number of fused-ring (bicyclic) bond motifs is 6. The molecule has 0 spiro atoms. The van der Waals surface area contributed by atoms with Gasteiger partial charge in [0.1, 0.15) is 6.17 Å². The monoisotopic (exact) mass is 639 g/mol. The van der Waals surface area contributed by atoms with Crippen molar-refractivity contribution in [3.63, 3.8) is 0 Å². The van der Waals surface area contributed by atoms with E-state index in [4.69, 9.17) is 0 Å². The third kappa shape index (κ3) is 4.59. The van der Waals surface area contributed by atoms with Crippen molar-refractivity contribution in [3.05, 3.63) is 188 Å². The van der Waals surface area contributed by atoms with E-state index in [0.29, 0.717) is 0 Å². The summed E-state index contributed by atoms with van der Waals surface area (Å²) >= 11 is 0. The number of benzene rings is 7. The lowest BCUT2D eigenvalue weighted by Crippen LogP contribution is -2.21. The van der Waals surface area contributed by atoms with Crippen molar-refractivity contribution in [2.24, 2.45) is 0 Å². The maximum absolute atomic E-state index is 3.52. The van der Waals surface area contributed by atoms with Gasteiger partial charge in [-0.2, -0.15) is 0 Å². The first kappa shape index (κ1) is 28.4. The molecular formula is C47H33N3. The molecule has 1 N–H and O–H groups in total. The minimum Gasteiger partial charge on any atom is -0.368 e. The molecule has 3 heteroatoms. The van der Waals surface area contributed by atoms with Crippen molar-refractivity contribution in [1.29, 1.82) is 0 Å². The molecule has 1 aliphatic heterocycles. The fraction of sp³-hybridized carbons (Fsp3) is 0.0213. The van der Waals surface area contributed by atoms with E-state index in [2.05, 4.69) is 190 Å². The van der Waals surface area contributed by atoms with E-state index in [1.807, 2.05) is 12.3 Å². The number of aromatic nitrogens is 2. The van der Waals surface area contributed by atoms with Gasteiger partial charge in [0.15, 0.2) is 0 Å². The molecule has 10 rings (SSSR count). The van der Waals surface area contributed by atoms with Crippen molar-refractivity contribution in [2.45, 2.75) is 6.17 Å². The normalized spacial score (nSPS) is 14.2. The molecule has 9 aromatic rings. The van der Waals surface area contributed by atoms with E-state index in [9.17, 15) is 0 Å². The van der Waals surface area contributed by atoms with Gasteiger partial charge in [-0.15, -0.1) is 0 Å². The molecule has 3 nitrogen and oxygen atoms in total. The Morgan fingerprint density at radius 1 is 0.380 bits per heavy atom. The third-order valence-electron chi connectivity index (χ3n) is 10.2. The number of dihydropyridines is 1. The van der Waals surface area contributed by atoms with Crippen molar-refractivity contribution >= 4 is 43.6 Å². The molecule has 1 atom stereocenters. The third-order valence-corrected chi connectivity index (χ3v) is 10.2. The molecule has 3 heterocycles. The lowest BCUT2D eigenvalue weighted by molar-refractivity contribution is 0.578. The molecule has 0 bridgehead atoms. The SMILES string of the molecule is C1=CNC(n2c3ccccc3c3cc(-c4ccc5c(c4)c4ccccc4n5-c4cc(-c5ccccc5)cc(-c5ccccc5)c4)ccc32)C=C1. The van der Waals surface area contributed by atoms with E-state index >= 15 is 0 Å². The van der Waals surface area contributed by atoms with E-state index in [-0.39, 0.29) is 6.17 Å². The lowest BCUT2D eigenvalue weighted by Gasteiger charge is -2.20. The van der Waals surface area contributed by atoms with Crippen LogP contribution in [0.3, 0.4) is 0 Å². The second kappa shape index (κ2) is 11.5. The highest BCUT2D eigenvalue weighted by Gasteiger charge is 2.19. The number of rotatable bonds is 5. The van der Waals surface area contributed by atoms with Crippen LogP contribution in [0.25, 0.3) is 82.7 Å². The van der Waals surface area contributed by atoms with Crippen LogP contribution in [0.4, 0.5) is 0 Å². The van der Waals surface area contributed by atoms with Gasteiger partial charge in [-0.25, -0.2) is 0 Å². The highest BCUT2D eigenvalue weighted by molar-refractivity contribution is 6.12. The van der Waals surface area contributed by atoms with E-state index in [1.54, 1.807) is 0 Å². The second-order valence-electron chi connectivity index (χ2n) is 13.1. The first-order chi connectivity index (χ1) is 24.8. The zero-order chi connectivity index (χ0) is 33.0. The van der Waals surface area contributed by atoms with Crippen LogP contribution >= 0.6 is 0 Å². The van der Waals surface area contributed by atoms with Crippen LogP contribution in [0.15, 0.2) is 188 Å². The fourth-order valence-electron chi connectivity index (χ4n) is 7.84. The quantitative estimate of drug-likeness (QED) is 0.199. The zero-order valence-electron chi connectivity index (χ0n) is 27.4. The van der Waals surface area contributed by atoms with Gasteiger partial charge in [-0.3, -0.25) is 0 Å². The second-order valence-corrected chi connectivity index (χ2v) is 13.1. The van der Waals surface area contributed by atoms with Gasteiger partial charge in [0, 0.05) is 27.2 Å². The summed E-state index contributed by atoms with van der Waals surface area (Å²) in [5, 5.41) is 8.54. The fourth-order valence-corrected chi connectivity index (χ4v) is 7.84. The molecule has 1 unspecified atom stereocenters. The Bertz CT molecular complexity index is 2720. The molecule has 0 amide bonds. The van der Waals surface area contributed by atoms with Crippen molar-refractivity contribution in [1.82, 2.24) is 14.5 Å². The Labute approximate surface area is 290 Å². The number of hydrogen-bond acceptors (Lipinski definition) is 1. The molecule has 236 valence electrons. The predicted octanol–water partition coefficient (Wildman–Crippen LogP) is 12.1. The first-order valence-corrected chi connectivity index (χ1v) is 17.2. The van der Waals surface area contributed by atoms with Crippen molar-refractivity contribution in [3.8, 4) is 39.1 Å². The minimum atomic E-state index is 0.0681. The van der Waals surface area contributed by atoms with Crippen molar-refractivity contribution in [2.75, 3.05) is 0 Å².